The molecule has 27 heavy (non-hydrogen) atoms. The van der Waals surface area contributed by atoms with E-state index in [1.165, 1.54) is 11.8 Å². The number of aromatic nitrogens is 3. The van der Waals surface area contributed by atoms with Gasteiger partial charge in [0.15, 0.2) is 0 Å². The number of piperidine rings is 1. The Kier molecular flexibility index (Phi) is 4.87. The third-order valence-electron chi connectivity index (χ3n) is 5.14. The van der Waals surface area contributed by atoms with E-state index in [4.69, 9.17) is 0 Å². The average Bonchev–Trinajstić information content (AvgIpc) is 3.17. The molecule has 4 rings (SSSR count). The third kappa shape index (κ3) is 3.84. The number of rotatable bonds is 4. The SMILES string of the molecule is O=C(c1ccc[nH]c1=O)N1CCC(c2cc(Cc3ccccc3)[nH]n2)CC1. The highest BCUT2D eigenvalue weighted by molar-refractivity contribution is 5.93. The number of amides is 1. The third-order valence-corrected chi connectivity index (χ3v) is 5.14. The van der Waals surface area contributed by atoms with Gasteiger partial charge >= 0.3 is 0 Å². The molecule has 1 aliphatic heterocycles. The first-order chi connectivity index (χ1) is 13.2. The monoisotopic (exact) mass is 362 g/mol. The van der Waals surface area contributed by atoms with E-state index in [9.17, 15) is 9.59 Å². The first kappa shape index (κ1) is 17.3. The van der Waals surface area contributed by atoms with Crippen LogP contribution in [0.15, 0.2) is 59.5 Å². The number of benzene rings is 1. The zero-order chi connectivity index (χ0) is 18.6. The molecule has 0 radical (unpaired) electrons. The fourth-order valence-electron chi connectivity index (χ4n) is 3.63. The zero-order valence-electron chi connectivity index (χ0n) is 15.0. The molecular weight excluding hydrogens is 340 g/mol. The maximum atomic E-state index is 12.6. The van der Waals surface area contributed by atoms with Gasteiger partial charge in [0.1, 0.15) is 5.56 Å². The Morgan fingerprint density at radius 3 is 2.63 bits per heavy atom. The molecule has 6 heteroatoms. The molecule has 0 spiro atoms. The number of carbonyl (C=O) groups excluding carboxylic acids is 1. The van der Waals surface area contributed by atoms with Crippen LogP contribution in [0.25, 0.3) is 0 Å². The fourth-order valence-corrected chi connectivity index (χ4v) is 3.63. The van der Waals surface area contributed by atoms with Crippen LogP contribution in [-0.4, -0.2) is 39.1 Å². The number of likely N-dealkylation sites (tertiary alicyclic amines) is 1. The molecule has 138 valence electrons. The Balaban J connectivity index is 1.38. The second kappa shape index (κ2) is 7.61. The van der Waals surface area contributed by atoms with Gasteiger partial charge in [-0.2, -0.15) is 5.10 Å². The minimum absolute atomic E-state index is 0.193. The van der Waals surface area contributed by atoms with Gasteiger partial charge in [-0.15, -0.1) is 0 Å². The first-order valence-corrected chi connectivity index (χ1v) is 9.26. The number of nitrogens with one attached hydrogen (secondary N) is 2. The van der Waals surface area contributed by atoms with Crippen molar-refractivity contribution in [1.29, 1.82) is 0 Å². The molecule has 1 saturated heterocycles. The number of nitrogens with zero attached hydrogens (tertiary/aromatic N) is 2. The maximum absolute atomic E-state index is 12.6. The van der Waals surface area contributed by atoms with Gasteiger partial charge in [0.05, 0.1) is 5.69 Å². The molecule has 1 amide bonds. The summed E-state index contributed by atoms with van der Waals surface area (Å²) in [5.41, 5.74) is 3.29. The number of hydrogen-bond donors (Lipinski definition) is 2. The van der Waals surface area contributed by atoms with Crippen LogP contribution >= 0.6 is 0 Å². The number of pyridine rings is 1. The highest BCUT2D eigenvalue weighted by Gasteiger charge is 2.27. The van der Waals surface area contributed by atoms with E-state index in [0.29, 0.717) is 19.0 Å². The minimum atomic E-state index is -0.331. The van der Waals surface area contributed by atoms with Crippen LogP contribution in [0, 0.1) is 0 Å². The second-order valence-corrected chi connectivity index (χ2v) is 6.96. The lowest BCUT2D eigenvalue weighted by atomic mass is 9.93. The van der Waals surface area contributed by atoms with Gasteiger partial charge in [-0.25, -0.2) is 0 Å². The highest BCUT2D eigenvalue weighted by Crippen LogP contribution is 2.28. The molecule has 0 bridgehead atoms. The maximum Gasteiger partial charge on any atom is 0.260 e. The van der Waals surface area contributed by atoms with Crippen LogP contribution in [0.5, 0.6) is 0 Å². The Bertz CT molecular complexity index is 969. The number of aromatic amines is 2. The van der Waals surface area contributed by atoms with Crippen molar-refractivity contribution in [2.45, 2.75) is 25.2 Å². The summed E-state index contributed by atoms with van der Waals surface area (Å²) >= 11 is 0. The molecule has 3 aromatic rings. The van der Waals surface area contributed by atoms with E-state index in [2.05, 4.69) is 33.4 Å². The van der Waals surface area contributed by atoms with Crippen LogP contribution in [-0.2, 0) is 6.42 Å². The van der Waals surface area contributed by atoms with E-state index in [-0.39, 0.29) is 17.0 Å². The zero-order valence-corrected chi connectivity index (χ0v) is 15.0. The molecule has 1 aliphatic rings. The van der Waals surface area contributed by atoms with Gasteiger partial charge in [0.25, 0.3) is 11.5 Å². The summed E-state index contributed by atoms with van der Waals surface area (Å²) < 4.78 is 0. The van der Waals surface area contributed by atoms with Crippen molar-refractivity contribution < 1.29 is 4.79 Å². The van der Waals surface area contributed by atoms with Crippen LogP contribution in [0.3, 0.4) is 0 Å². The molecule has 0 saturated carbocycles. The standard InChI is InChI=1S/C21H22N4O2/c26-20-18(7-4-10-22-20)21(27)25-11-8-16(9-12-25)19-14-17(23-24-19)13-15-5-2-1-3-6-15/h1-7,10,14,16H,8-9,11-13H2,(H,22,26)(H,23,24). The quantitative estimate of drug-likeness (QED) is 0.749. The van der Waals surface area contributed by atoms with Crippen molar-refractivity contribution in [3.63, 3.8) is 0 Å². The molecule has 6 nitrogen and oxygen atoms in total. The molecular formula is C21H22N4O2. The number of H-pyrrole nitrogens is 2. The topological polar surface area (TPSA) is 81.9 Å². The van der Waals surface area contributed by atoms with Gasteiger partial charge in [-0.3, -0.25) is 14.7 Å². The fraction of sp³-hybridized carbons (Fsp3) is 0.286. The van der Waals surface area contributed by atoms with Crippen LogP contribution < -0.4 is 5.56 Å². The first-order valence-electron chi connectivity index (χ1n) is 9.26. The summed E-state index contributed by atoms with van der Waals surface area (Å²) in [6, 6.07) is 15.7. The molecule has 0 aliphatic carbocycles. The summed E-state index contributed by atoms with van der Waals surface area (Å²) in [6.45, 7) is 1.28. The number of carbonyl (C=O) groups is 1. The van der Waals surface area contributed by atoms with Gasteiger partial charge < -0.3 is 9.88 Å². The molecule has 1 aromatic carbocycles. The van der Waals surface area contributed by atoms with Crippen molar-refractivity contribution in [2.75, 3.05) is 13.1 Å². The Labute approximate surface area is 157 Å². The van der Waals surface area contributed by atoms with Gasteiger partial charge in [0.2, 0.25) is 0 Å². The Morgan fingerprint density at radius 2 is 1.89 bits per heavy atom. The number of hydrogen-bond acceptors (Lipinski definition) is 3. The summed E-state index contributed by atoms with van der Waals surface area (Å²) in [5.74, 6) is 0.144. The lowest BCUT2D eigenvalue weighted by Crippen LogP contribution is -2.40. The van der Waals surface area contributed by atoms with Gasteiger partial charge in [0, 0.05) is 37.3 Å². The Morgan fingerprint density at radius 1 is 1.11 bits per heavy atom. The predicted molar refractivity (Wildman–Crippen MR) is 103 cm³/mol. The summed E-state index contributed by atoms with van der Waals surface area (Å²) in [5, 5.41) is 7.64. The predicted octanol–water partition coefficient (Wildman–Crippen LogP) is 2.71. The van der Waals surface area contributed by atoms with E-state index < -0.39 is 0 Å². The lowest BCUT2D eigenvalue weighted by Gasteiger charge is -2.31. The molecule has 2 N–H and O–H groups in total. The largest absolute Gasteiger partial charge is 0.338 e. The van der Waals surface area contributed by atoms with Crippen LogP contribution in [0.2, 0.25) is 0 Å². The van der Waals surface area contributed by atoms with Crippen molar-refractivity contribution in [1.82, 2.24) is 20.1 Å². The second-order valence-electron chi connectivity index (χ2n) is 6.96. The molecule has 3 heterocycles. The Hall–Kier alpha value is -3.15. The van der Waals surface area contributed by atoms with Crippen molar-refractivity contribution in [2.24, 2.45) is 0 Å². The molecule has 0 unspecified atom stereocenters. The summed E-state index contributed by atoms with van der Waals surface area (Å²) in [6.07, 6.45) is 4.08. The van der Waals surface area contributed by atoms with Gasteiger partial charge in [-0.05, 0) is 36.6 Å². The van der Waals surface area contributed by atoms with E-state index >= 15 is 0 Å². The minimum Gasteiger partial charge on any atom is -0.338 e. The lowest BCUT2D eigenvalue weighted by molar-refractivity contribution is 0.0710. The summed E-state index contributed by atoms with van der Waals surface area (Å²) in [7, 11) is 0. The van der Waals surface area contributed by atoms with Crippen LogP contribution in [0.4, 0.5) is 0 Å². The van der Waals surface area contributed by atoms with Crippen molar-refractivity contribution in [3.8, 4) is 0 Å². The van der Waals surface area contributed by atoms with E-state index in [1.54, 1.807) is 17.0 Å². The molecule has 2 aromatic heterocycles. The molecule has 0 atom stereocenters. The van der Waals surface area contributed by atoms with Crippen molar-refractivity contribution >= 4 is 5.91 Å². The summed E-state index contributed by atoms with van der Waals surface area (Å²) in [4.78, 5) is 28.7. The average molecular weight is 362 g/mol. The normalized spacial score (nSPS) is 15.0. The smallest absolute Gasteiger partial charge is 0.260 e. The van der Waals surface area contributed by atoms with Crippen LogP contribution in [0.1, 0.15) is 46.1 Å². The van der Waals surface area contributed by atoms with Crippen molar-refractivity contribution in [3.05, 3.63) is 87.6 Å². The van der Waals surface area contributed by atoms with Gasteiger partial charge in [-0.1, -0.05) is 30.3 Å². The van der Waals surface area contributed by atoms with E-state index in [1.807, 2.05) is 18.2 Å². The van der Waals surface area contributed by atoms with E-state index in [0.717, 1.165) is 30.7 Å². The molecule has 1 fully saturated rings. The highest BCUT2D eigenvalue weighted by atomic mass is 16.2.